The lowest BCUT2D eigenvalue weighted by atomic mass is 10.1. The molecule has 0 radical (unpaired) electrons. The van der Waals surface area contributed by atoms with Crippen molar-refractivity contribution in [2.75, 3.05) is 32.8 Å². The van der Waals surface area contributed by atoms with Crippen molar-refractivity contribution in [2.45, 2.75) is 32.7 Å². The molecule has 0 bridgehead atoms. The minimum Gasteiger partial charge on any atom is -0.493 e. The van der Waals surface area contributed by atoms with Gasteiger partial charge in [-0.15, -0.1) is 0 Å². The van der Waals surface area contributed by atoms with E-state index in [0.717, 1.165) is 38.4 Å². The topological polar surface area (TPSA) is 98.5 Å². The molecule has 29 heavy (non-hydrogen) atoms. The van der Waals surface area contributed by atoms with Crippen LogP contribution < -0.4 is 16.0 Å². The first-order valence-electron chi connectivity index (χ1n) is 10.1. The molecule has 4 rings (SSSR count). The Morgan fingerprint density at radius 2 is 1.93 bits per heavy atom. The predicted molar refractivity (Wildman–Crippen MR) is 108 cm³/mol. The van der Waals surface area contributed by atoms with E-state index in [1.807, 2.05) is 4.90 Å². The highest BCUT2D eigenvalue weighted by Gasteiger charge is 2.22. The summed E-state index contributed by atoms with van der Waals surface area (Å²) in [5.74, 6) is 1.05. The monoisotopic (exact) mass is 398 g/mol. The van der Waals surface area contributed by atoms with E-state index in [1.54, 1.807) is 6.92 Å². The van der Waals surface area contributed by atoms with Gasteiger partial charge in [0.1, 0.15) is 5.75 Å². The number of nitrogens with one attached hydrogen (secondary N) is 2. The Morgan fingerprint density at radius 3 is 2.69 bits per heavy atom. The summed E-state index contributed by atoms with van der Waals surface area (Å²) in [6, 6.07) is 6.40. The minimum absolute atomic E-state index is 0.0457. The molecule has 0 aliphatic carbocycles. The molecule has 2 aliphatic rings. The Balaban J connectivity index is 1.27. The van der Waals surface area contributed by atoms with E-state index >= 15 is 0 Å². The van der Waals surface area contributed by atoms with Gasteiger partial charge in [-0.1, -0.05) is 12.1 Å². The zero-order valence-electron chi connectivity index (χ0n) is 16.6. The maximum atomic E-state index is 12.6. The fourth-order valence-electron chi connectivity index (χ4n) is 4.07. The predicted octanol–water partition coefficient (Wildman–Crippen LogP) is 0.584. The highest BCUT2D eigenvalue weighted by molar-refractivity contribution is 5.76. The number of piperazine rings is 1. The molecule has 0 saturated carbocycles. The third-order valence-electron chi connectivity index (χ3n) is 5.73. The summed E-state index contributed by atoms with van der Waals surface area (Å²) in [6.45, 7) is 6.36. The number of hydrogen-bond donors (Lipinski definition) is 2. The van der Waals surface area contributed by atoms with Crippen LogP contribution in [0.3, 0.4) is 0 Å². The minimum atomic E-state index is -0.519. The summed E-state index contributed by atoms with van der Waals surface area (Å²) < 4.78 is 5.56. The fourth-order valence-corrected chi connectivity index (χ4v) is 4.07. The van der Waals surface area contributed by atoms with Crippen molar-refractivity contribution < 1.29 is 9.53 Å². The van der Waals surface area contributed by atoms with E-state index < -0.39 is 11.2 Å². The van der Waals surface area contributed by atoms with Gasteiger partial charge in [0.15, 0.2) is 0 Å². The van der Waals surface area contributed by atoms with Crippen LogP contribution in [0.4, 0.5) is 0 Å². The van der Waals surface area contributed by atoms with Gasteiger partial charge in [0.25, 0.3) is 5.56 Å². The van der Waals surface area contributed by atoms with Crippen LogP contribution in [-0.2, 0) is 24.2 Å². The van der Waals surface area contributed by atoms with E-state index in [4.69, 9.17) is 4.74 Å². The van der Waals surface area contributed by atoms with Crippen LogP contribution in [-0.4, -0.2) is 58.5 Å². The maximum absolute atomic E-state index is 12.6. The molecule has 154 valence electrons. The van der Waals surface area contributed by atoms with Crippen molar-refractivity contribution in [1.29, 1.82) is 0 Å². The van der Waals surface area contributed by atoms with Crippen molar-refractivity contribution in [2.24, 2.45) is 0 Å². The van der Waals surface area contributed by atoms with Crippen molar-refractivity contribution in [3.63, 3.8) is 0 Å². The van der Waals surface area contributed by atoms with E-state index in [-0.39, 0.29) is 12.3 Å². The van der Waals surface area contributed by atoms with Gasteiger partial charge in [0.2, 0.25) is 5.91 Å². The highest BCUT2D eigenvalue weighted by Crippen LogP contribution is 2.26. The van der Waals surface area contributed by atoms with Crippen LogP contribution >= 0.6 is 0 Å². The quantitative estimate of drug-likeness (QED) is 0.768. The second-order valence-corrected chi connectivity index (χ2v) is 7.71. The number of ether oxygens (including phenoxy) is 1. The lowest BCUT2D eigenvalue weighted by Gasteiger charge is -2.35. The molecule has 1 amide bonds. The second kappa shape index (κ2) is 8.24. The number of aromatic amines is 2. The van der Waals surface area contributed by atoms with E-state index in [1.165, 1.54) is 11.1 Å². The first kappa shape index (κ1) is 19.4. The molecule has 0 atom stereocenters. The lowest BCUT2D eigenvalue weighted by Crippen LogP contribution is -2.48. The number of rotatable bonds is 5. The van der Waals surface area contributed by atoms with Crippen LogP contribution in [0.1, 0.15) is 28.8 Å². The molecule has 2 aromatic rings. The maximum Gasteiger partial charge on any atom is 0.325 e. The number of carbonyl (C=O) groups is 1. The lowest BCUT2D eigenvalue weighted by molar-refractivity contribution is -0.133. The summed E-state index contributed by atoms with van der Waals surface area (Å²) in [7, 11) is 0. The van der Waals surface area contributed by atoms with Crippen LogP contribution in [0, 0.1) is 6.92 Å². The SMILES string of the molecule is Cc1[nH]c(=O)[nH]c(=O)c1CCC(=O)N1CCN(Cc2ccc3c(c2)CCO3)CC1. The molecule has 8 nitrogen and oxygen atoms in total. The number of hydrogen-bond acceptors (Lipinski definition) is 5. The molecule has 3 heterocycles. The van der Waals surface area contributed by atoms with Gasteiger partial charge in [0.05, 0.1) is 6.61 Å². The molecule has 1 aromatic carbocycles. The molecule has 2 N–H and O–H groups in total. The first-order chi connectivity index (χ1) is 14.0. The summed E-state index contributed by atoms with van der Waals surface area (Å²) in [5.41, 5.74) is 2.62. The average molecular weight is 398 g/mol. The molecular formula is C21H26N4O4. The number of nitrogens with zero attached hydrogens (tertiary/aromatic N) is 2. The molecule has 0 unspecified atom stereocenters. The van der Waals surface area contributed by atoms with Gasteiger partial charge in [-0.2, -0.15) is 0 Å². The summed E-state index contributed by atoms with van der Waals surface area (Å²) in [4.78, 5) is 44.8. The van der Waals surface area contributed by atoms with Gasteiger partial charge in [0, 0.05) is 56.8 Å². The van der Waals surface area contributed by atoms with E-state index in [2.05, 4.69) is 33.1 Å². The highest BCUT2D eigenvalue weighted by atomic mass is 16.5. The number of aromatic nitrogens is 2. The Morgan fingerprint density at radius 1 is 1.14 bits per heavy atom. The molecule has 2 aliphatic heterocycles. The van der Waals surface area contributed by atoms with Crippen molar-refractivity contribution in [1.82, 2.24) is 19.8 Å². The largest absolute Gasteiger partial charge is 0.493 e. The van der Waals surface area contributed by atoms with Gasteiger partial charge >= 0.3 is 5.69 Å². The molecular weight excluding hydrogens is 372 g/mol. The Bertz CT molecular complexity index is 1020. The van der Waals surface area contributed by atoms with Crippen LogP contribution in [0.2, 0.25) is 0 Å². The Hall–Kier alpha value is -2.87. The molecule has 8 heteroatoms. The Kier molecular flexibility index (Phi) is 5.53. The zero-order chi connectivity index (χ0) is 20.4. The number of H-pyrrole nitrogens is 2. The number of amides is 1. The number of benzene rings is 1. The van der Waals surface area contributed by atoms with Gasteiger partial charge in [-0.25, -0.2) is 4.79 Å². The van der Waals surface area contributed by atoms with Gasteiger partial charge in [-0.05, 0) is 30.5 Å². The molecule has 1 aromatic heterocycles. The first-order valence-corrected chi connectivity index (χ1v) is 10.1. The van der Waals surface area contributed by atoms with Crippen LogP contribution in [0.15, 0.2) is 27.8 Å². The van der Waals surface area contributed by atoms with Crippen LogP contribution in [0.25, 0.3) is 0 Å². The smallest absolute Gasteiger partial charge is 0.325 e. The standard InChI is InChI=1S/C21H26N4O4/c1-14-17(20(27)23-21(28)22-14)3-5-19(26)25-9-7-24(8-10-25)13-15-2-4-18-16(12-15)6-11-29-18/h2,4,12H,3,5-11,13H2,1H3,(H2,22,23,27,28). The number of carbonyl (C=O) groups excluding carboxylic acids is 1. The number of fused-ring (bicyclic) bond motifs is 1. The summed E-state index contributed by atoms with van der Waals surface area (Å²) >= 11 is 0. The normalized spacial score (nSPS) is 16.5. The average Bonchev–Trinajstić information content (AvgIpc) is 3.15. The van der Waals surface area contributed by atoms with Crippen LogP contribution in [0.5, 0.6) is 5.75 Å². The molecule has 1 saturated heterocycles. The molecule has 1 fully saturated rings. The Labute approximate surface area is 168 Å². The van der Waals surface area contributed by atoms with E-state index in [0.29, 0.717) is 30.8 Å². The summed E-state index contributed by atoms with van der Waals surface area (Å²) in [5, 5.41) is 0. The summed E-state index contributed by atoms with van der Waals surface area (Å²) in [6.07, 6.45) is 1.57. The molecule has 0 spiro atoms. The van der Waals surface area contributed by atoms with Crippen molar-refractivity contribution in [3.8, 4) is 5.75 Å². The van der Waals surface area contributed by atoms with Gasteiger partial charge < -0.3 is 14.6 Å². The van der Waals surface area contributed by atoms with Crippen molar-refractivity contribution in [3.05, 3.63) is 61.4 Å². The number of aryl methyl sites for hydroxylation is 1. The second-order valence-electron chi connectivity index (χ2n) is 7.71. The van der Waals surface area contributed by atoms with Gasteiger partial charge in [-0.3, -0.25) is 19.5 Å². The van der Waals surface area contributed by atoms with E-state index in [9.17, 15) is 14.4 Å². The zero-order valence-corrected chi connectivity index (χ0v) is 16.6. The fraction of sp³-hybridized carbons (Fsp3) is 0.476. The third-order valence-corrected chi connectivity index (χ3v) is 5.73. The van der Waals surface area contributed by atoms with Crippen molar-refractivity contribution >= 4 is 5.91 Å². The third kappa shape index (κ3) is 4.42.